The molecular weight excluding hydrogens is 295 g/mol. The first-order valence-corrected chi connectivity index (χ1v) is 8.29. The first-order chi connectivity index (χ1) is 9.73. The van der Waals surface area contributed by atoms with E-state index >= 15 is 0 Å². The van der Waals surface area contributed by atoms with E-state index in [1.54, 1.807) is 13.8 Å². The molecule has 0 aromatic rings. The van der Waals surface area contributed by atoms with Crippen molar-refractivity contribution >= 4 is 9.03 Å². The van der Waals surface area contributed by atoms with Gasteiger partial charge in [0, 0.05) is 25.7 Å². The van der Waals surface area contributed by atoms with Crippen molar-refractivity contribution in [1.82, 2.24) is 0 Å². The van der Waals surface area contributed by atoms with Crippen LogP contribution in [0, 0.1) is 11.8 Å². The molecule has 6 atom stereocenters. The predicted octanol–water partition coefficient (Wildman–Crippen LogP) is 3.02. The highest BCUT2D eigenvalue weighted by Gasteiger charge is 2.40. The quantitative estimate of drug-likeness (QED) is 0.742. The lowest BCUT2D eigenvalue weighted by molar-refractivity contribution is -0.398. The van der Waals surface area contributed by atoms with Gasteiger partial charge in [-0.3, -0.25) is 9.05 Å². The Bertz CT molecular complexity index is 324. The molecule has 2 aliphatic rings. The maximum atomic E-state index is 5.75. The summed E-state index contributed by atoms with van der Waals surface area (Å²) in [6.45, 7) is 12.9. The minimum Gasteiger partial charge on any atom is -0.327 e. The maximum absolute atomic E-state index is 5.75. The van der Waals surface area contributed by atoms with Crippen LogP contribution in [0.2, 0.25) is 0 Å². The van der Waals surface area contributed by atoms with Crippen molar-refractivity contribution in [3.63, 3.8) is 0 Å². The summed E-state index contributed by atoms with van der Waals surface area (Å²) in [4.78, 5) is 0. The third kappa shape index (κ3) is 4.58. The molecular formula is C14H27O6P. The van der Waals surface area contributed by atoms with Crippen LogP contribution in [-0.2, 0) is 28.0 Å². The number of ether oxygens (including phenoxy) is 4. The molecule has 0 N–H and O–H groups in total. The van der Waals surface area contributed by atoms with E-state index in [2.05, 4.69) is 13.8 Å². The van der Waals surface area contributed by atoms with Crippen molar-refractivity contribution in [1.29, 1.82) is 0 Å². The summed E-state index contributed by atoms with van der Waals surface area (Å²) in [6, 6.07) is 0. The molecule has 6 nitrogen and oxygen atoms in total. The fraction of sp³-hybridized carbons (Fsp3) is 1.00. The third-order valence-corrected chi connectivity index (χ3v) is 4.98. The highest BCUT2D eigenvalue weighted by atomic mass is 31.1. The lowest BCUT2D eigenvalue weighted by Crippen LogP contribution is -2.47. The van der Waals surface area contributed by atoms with Crippen molar-refractivity contribution in [3.8, 4) is 0 Å². The third-order valence-electron chi connectivity index (χ3n) is 4.07. The van der Waals surface area contributed by atoms with Gasteiger partial charge in [-0.1, -0.05) is 13.8 Å². The summed E-state index contributed by atoms with van der Waals surface area (Å²) in [5.74, 6) is -1.46. The van der Waals surface area contributed by atoms with Gasteiger partial charge in [-0.05, 0) is 13.8 Å². The van der Waals surface area contributed by atoms with Crippen LogP contribution in [0.5, 0.6) is 0 Å². The van der Waals surface area contributed by atoms with Crippen LogP contribution in [0.25, 0.3) is 0 Å². The number of rotatable bonds is 4. The number of hydrogen-bond donors (Lipinski definition) is 0. The zero-order valence-corrected chi connectivity index (χ0v) is 14.7. The molecule has 0 aromatic heterocycles. The Kier molecular flexibility index (Phi) is 5.64. The van der Waals surface area contributed by atoms with E-state index in [0.29, 0.717) is 25.0 Å². The summed E-state index contributed by atoms with van der Waals surface area (Å²) in [5, 5.41) is 0. The molecule has 0 bridgehead atoms. The lowest BCUT2D eigenvalue weighted by Gasteiger charge is -2.41. The molecule has 21 heavy (non-hydrogen) atoms. The monoisotopic (exact) mass is 322 g/mol. The van der Waals surface area contributed by atoms with E-state index in [4.69, 9.17) is 28.0 Å². The van der Waals surface area contributed by atoms with E-state index < -0.39 is 11.9 Å². The van der Waals surface area contributed by atoms with E-state index in [9.17, 15) is 0 Å². The van der Waals surface area contributed by atoms with Crippen LogP contribution in [-0.4, -0.2) is 37.4 Å². The van der Waals surface area contributed by atoms with Crippen molar-refractivity contribution in [2.24, 2.45) is 11.8 Å². The molecule has 0 amide bonds. The Labute approximate surface area is 128 Å². The summed E-state index contributed by atoms with van der Waals surface area (Å²) in [6.07, 6.45) is 0.152. The van der Waals surface area contributed by atoms with E-state index in [-0.39, 0.29) is 21.2 Å². The van der Waals surface area contributed by atoms with Gasteiger partial charge in [-0.25, -0.2) is 0 Å². The van der Waals surface area contributed by atoms with Crippen LogP contribution in [0.3, 0.4) is 0 Å². The van der Waals surface area contributed by atoms with Crippen LogP contribution in [0.1, 0.15) is 41.5 Å². The molecule has 0 saturated carbocycles. The fourth-order valence-corrected chi connectivity index (χ4v) is 2.65. The summed E-state index contributed by atoms with van der Waals surface area (Å²) < 4.78 is 34.0. The predicted molar refractivity (Wildman–Crippen MR) is 78.6 cm³/mol. The zero-order chi connectivity index (χ0) is 15.7. The van der Waals surface area contributed by atoms with Crippen LogP contribution >= 0.6 is 9.03 Å². The summed E-state index contributed by atoms with van der Waals surface area (Å²) in [7, 11) is -0.300. The zero-order valence-electron chi connectivity index (χ0n) is 13.7. The smallest absolute Gasteiger partial charge is 0.284 e. The number of hydrogen-bond acceptors (Lipinski definition) is 6. The van der Waals surface area contributed by atoms with Gasteiger partial charge in [0.25, 0.3) is 11.9 Å². The fourth-order valence-electron chi connectivity index (χ4n) is 2.09. The molecule has 0 aliphatic carbocycles. The average molecular weight is 322 g/mol. The van der Waals surface area contributed by atoms with Gasteiger partial charge < -0.3 is 18.9 Å². The maximum Gasteiger partial charge on any atom is 0.284 e. The highest BCUT2D eigenvalue weighted by Crippen LogP contribution is 2.38. The standard InChI is InChI=1S/C14H27O6P/c1-9-7-15-13(5,17-11(9)3)19-21-20-14(6)16-8-10(2)12(4)18-14/h9-12,21H,7-8H2,1-6H3. The molecule has 2 fully saturated rings. The molecule has 2 saturated heterocycles. The second-order valence-electron chi connectivity index (χ2n) is 6.23. The van der Waals surface area contributed by atoms with Crippen molar-refractivity contribution in [2.75, 3.05) is 13.2 Å². The van der Waals surface area contributed by atoms with Crippen molar-refractivity contribution < 1.29 is 28.0 Å². The summed E-state index contributed by atoms with van der Waals surface area (Å²) >= 11 is 0. The minimum absolute atomic E-state index is 0.0761. The molecule has 6 unspecified atom stereocenters. The Hall–Kier alpha value is 0.190. The minimum atomic E-state index is -1.08. The molecule has 2 rings (SSSR count). The molecule has 124 valence electrons. The molecule has 2 aliphatic heterocycles. The lowest BCUT2D eigenvalue weighted by atomic mass is 10.1. The molecule has 2 heterocycles. The largest absolute Gasteiger partial charge is 0.327 e. The molecule has 0 aromatic carbocycles. The van der Waals surface area contributed by atoms with Gasteiger partial charge >= 0.3 is 0 Å². The van der Waals surface area contributed by atoms with Crippen molar-refractivity contribution in [3.05, 3.63) is 0 Å². The van der Waals surface area contributed by atoms with Crippen LogP contribution in [0.15, 0.2) is 0 Å². The van der Waals surface area contributed by atoms with Gasteiger partial charge in [-0.2, -0.15) is 0 Å². The van der Waals surface area contributed by atoms with E-state index in [1.807, 2.05) is 13.8 Å². The Morgan fingerprint density at radius 2 is 1.19 bits per heavy atom. The average Bonchev–Trinajstić information content (AvgIpc) is 2.39. The van der Waals surface area contributed by atoms with Gasteiger partial charge in [0.1, 0.15) is 0 Å². The second-order valence-corrected chi connectivity index (χ2v) is 6.81. The second kappa shape index (κ2) is 6.75. The molecule has 0 spiro atoms. The van der Waals surface area contributed by atoms with Crippen molar-refractivity contribution in [2.45, 2.75) is 65.7 Å². The topological polar surface area (TPSA) is 55.4 Å². The SMILES string of the molecule is CC1COC(C)(OPOC2(C)OCC(C)C(C)O2)OC1C. The first kappa shape index (κ1) is 17.5. The highest BCUT2D eigenvalue weighted by molar-refractivity contribution is 7.26. The van der Waals surface area contributed by atoms with Gasteiger partial charge in [0.15, 0.2) is 9.03 Å². The molecule has 0 radical (unpaired) electrons. The van der Waals surface area contributed by atoms with E-state index in [1.165, 1.54) is 0 Å². The summed E-state index contributed by atoms with van der Waals surface area (Å²) in [5.41, 5.74) is 0. The molecule has 7 heteroatoms. The normalized spacial score (nSPS) is 48.9. The van der Waals surface area contributed by atoms with Crippen LogP contribution < -0.4 is 0 Å². The Morgan fingerprint density at radius 3 is 1.52 bits per heavy atom. The van der Waals surface area contributed by atoms with E-state index in [0.717, 1.165) is 0 Å². The van der Waals surface area contributed by atoms with Gasteiger partial charge in [0.05, 0.1) is 25.4 Å². The van der Waals surface area contributed by atoms with Gasteiger partial charge in [0.2, 0.25) is 0 Å². The Balaban J connectivity index is 1.78. The van der Waals surface area contributed by atoms with Crippen LogP contribution in [0.4, 0.5) is 0 Å². The van der Waals surface area contributed by atoms with Gasteiger partial charge in [-0.15, -0.1) is 0 Å². The Morgan fingerprint density at radius 1 is 0.810 bits per heavy atom. The first-order valence-electron chi connectivity index (χ1n) is 7.47.